The van der Waals surface area contributed by atoms with Gasteiger partial charge in [0.25, 0.3) is 0 Å². The van der Waals surface area contributed by atoms with Crippen LogP contribution in [-0.4, -0.2) is 174 Å². The second-order valence-electron chi connectivity index (χ2n) is 18.8. The van der Waals surface area contributed by atoms with Crippen LogP contribution >= 0.6 is 0 Å². The maximum absolute atomic E-state index is 14.4. The fraction of sp³-hybridized carbons (Fsp3) is 0.976. The maximum atomic E-state index is 14.4. The fourth-order valence-electron chi connectivity index (χ4n) is 10.1. The van der Waals surface area contributed by atoms with Gasteiger partial charge in [0.05, 0.1) is 35.9 Å². The zero-order valence-corrected chi connectivity index (χ0v) is 37.4. The minimum atomic E-state index is -1.79. The standard InChI is InChI=1S/C42H79N3O12/c1-15-17-45-22-42(52-23-45)29(8)54-32(20-40(42,10)51-14)56-34-26(5)36(57-38-33(46)30(44(12)13)18-25(4)53-38)39(9,49)19-24(3)21-43-28(7)35(47)41(11,50)31(16-2)55-37(48)27(34)6/h24-36,38,43,46-47,49-50H,15-23H2,1-14H3/t24-,25-,26+,27-,28-,29+,30+,31-,32?,33-,34+,35-,36-,38?,39+,40-,41-,42+/m1/s1. The molecule has 0 aliphatic carbocycles. The number of carbonyl (C=O) groups is 1. The second-order valence-corrected chi connectivity index (χ2v) is 18.8. The van der Waals surface area contributed by atoms with E-state index in [1.54, 1.807) is 34.8 Å². The van der Waals surface area contributed by atoms with Gasteiger partial charge in [0.15, 0.2) is 12.6 Å². The summed E-state index contributed by atoms with van der Waals surface area (Å²) in [6, 6.07) is -0.846. The van der Waals surface area contributed by atoms with Gasteiger partial charge >= 0.3 is 5.97 Å². The Hall–Kier alpha value is -1.05. The van der Waals surface area contributed by atoms with Crippen LogP contribution in [0.25, 0.3) is 0 Å². The van der Waals surface area contributed by atoms with Crippen LogP contribution in [0.4, 0.5) is 0 Å². The third-order valence-electron chi connectivity index (χ3n) is 13.7. The Bertz CT molecular complexity index is 1290. The number of rotatable bonds is 9. The van der Waals surface area contributed by atoms with Crippen LogP contribution in [0.2, 0.25) is 0 Å². The predicted octanol–water partition coefficient (Wildman–Crippen LogP) is 2.64. The Kier molecular flexibility index (Phi) is 16.5. The molecule has 0 aromatic rings. The quantitative estimate of drug-likeness (QED) is 0.214. The van der Waals surface area contributed by atoms with Crippen LogP contribution in [0.3, 0.4) is 0 Å². The van der Waals surface area contributed by atoms with E-state index in [1.807, 2.05) is 53.6 Å². The van der Waals surface area contributed by atoms with Gasteiger partial charge in [-0.25, -0.2) is 0 Å². The lowest BCUT2D eigenvalue weighted by molar-refractivity contribution is -0.335. The number of cyclic esters (lactones) is 1. The minimum absolute atomic E-state index is 0.148. The third kappa shape index (κ3) is 10.4. The number of nitrogens with one attached hydrogen (secondary N) is 1. The smallest absolute Gasteiger partial charge is 0.311 e. The van der Waals surface area contributed by atoms with E-state index in [9.17, 15) is 25.2 Å². The molecule has 0 bridgehead atoms. The van der Waals surface area contributed by atoms with Gasteiger partial charge in [0.2, 0.25) is 0 Å². The molecule has 334 valence electrons. The Morgan fingerprint density at radius 3 is 2.25 bits per heavy atom. The van der Waals surface area contributed by atoms with Crippen molar-refractivity contribution >= 4 is 5.97 Å². The van der Waals surface area contributed by atoms with E-state index < -0.39 is 95.5 Å². The summed E-state index contributed by atoms with van der Waals surface area (Å²) in [6.45, 7) is 22.6. The van der Waals surface area contributed by atoms with E-state index in [2.05, 4.69) is 17.1 Å². The second kappa shape index (κ2) is 19.3. The van der Waals surface area contributed by atoms with Crippen molar-refractivity contribution in [3.63, 3.8) is 0 Å². The number of hydrogen-bond acceptors (Lipinski definition) is 15. The molecule has 0 amide bonds. The Morgan fingerprint density at radius 1 is 0.982 bits per heavy atom. The first-order valence-corrected chi connectivity index (χ1v) is 21.4. The highest BCUT2D eigenvalue weighted by atomic mass is 16.7. The van der Waals surface area contributed by atoms with E-state index in [0.717, 1.165) is 13.0 Å². The average molecular weight is 818 g/mol. The Balaban J connectivity index is 1.79. The molecule has 4 aliphatic rings. The molecule has 0 saturated carbocycles. The molecule has 4 fully saturated rings. The molecule has 5 N–H and O–H groups in total. The van der Waals surface area contributed by atoms with Crippen molar-refractivity contribution in [2.75, 3.05) is 47.6 Å². The summed E-state index contributed by atoms with van der Waals surface area (Å²) in [5.41, 5.74) is -4.96. The van der Waals surface area contributed by atoms with Crippen LogP contribution in [-0.2, 0) is 38.0 Å². The molecule has 4 rings (SSSR count). The largest absolute Gasteiger partial charge is 0.459 e. The van der Waals surface area contributed by atoms with Gasteiger partial charge in [-0.3, -0.25) is 9.69 Å². The number of ether oxygens (including phenoxy) is 7. The number of aliphatic hydroxyl groups excluding tert-OH is 2. The van der Waals surface area contributed by atoms with Gasteiger partial charge in [0.1, 0.15) is 41.8 Å². The van der Waals surface area contributed by atoms with E-state index in [1.165, 1.54) is 6.92 Å². The molecule has 2 unspecified atom stereocenters. The molecule has 0 aromatic carbocycles. The Morgan fingerprint density at radius 2 is 1.65 bits per heavy atom. The lowest BCUT2D eigenvalue weighted by atomic mass is 9.75. The molecule has 0 radical (unpaired) electrons. The number of aliphatic hydroxyl groups is 4. The molecule has 18 atom stereocenters. The summed E-state index contributed by atoms with van der Waals surface area (Å²) in [6.07, 6.45) is -5.77. The van der Waals surface area contributed by atoms with Gasteiger partial charge in [-0.15, -0.1) is 0 Å². The van der Waals surface area contributed by atoms with Crippen LogP contribution in [0.15, 0.2) is 0 Å². The van der Waals surface area contributed by atoms with Crippen molar-refractivity contribution in [3.8, 4) is 0 Å². The van der Waals surface area contributed by atoms with Crippen LogP contribution in [0, 0.1) is 17.8 Å². The molecule has 0 aromatic heterocycles. The first kappa shape index (κ1) is 48.6. The molecule has 57 heavy (non-hydrogen) atoms. The molecule has 1 spiro atoms. The predicted molar refractivity (Wildman–Crippen MR) is 214 cm³/mol. The fourth-order valence-corrected chi connectivity index (χ4v) is 10.1. The van der Waals surface area contributed by atoms with Crippen molar-refractivity contribution < 1.29 is 58.4 Å². The number of nitrogens with zero attached hydrogens (tertiary/aromatic N) is 2. The monoisotopic (exact) mass is 818 g/mol. The van der Waals surface area contributed by atoms with Gasteiger partial charge in [-0.05, 0) is 101 Å². The molecular weight excluding hydrogens is 738 g/mol. The van der Waals surface area contributed by atoms with E-state index >= 15 is 0 Å². The lowest BCUT2D eigenvalue weighted by Gasteiger charge is -2.54. The third-order valence-corrected chi connectivity index (χ3v) is 13.7. The summed E-state index contributed by atoms with van der Waals surface area (Å²) in [4.78, 5) is 18.6. The molecular formula is C42H79N3O12. The number of likely N-dealkylation sites (N-methyl/N-ethyl adjacent to an activating group) is 1. The molecule has 4 heterocycles. The molecule has 4 saturated heterocycles. The van der Waals surface area contributed by atoms with Crippen molar-refractivity contribution in [3.05, 3.63) is 0 Å². The maximum Gasteiger partial charge on any atom is 0.311 e. The van der Waals surface area contributed by atoms with Crippen LogP contribution in [0.1, 0.15) is 108 Å². The lowest BCUT2D eigenvalue weighted by Crippen LogP contribution is -2.68. The van der Waals surface area contributed by atoms with E-state index in [4.69, 9.17) is 33.2 Å². The number of carbonyl (C=O) groups excluding carboxylic acids is 1. The van der Waals surface area contributed by atoms with Crippen molar-refractivity contribution in [1.29, 1.82) is 0 Å². The Labute approximate surface area is 342 Å². The van der Waals surface area contributed by atoms with Crippen molar-refractivity contribution in [1.82, 2.24) is 15.1 Å². The van der Waals surface area contributed by atoms with E-state index in [-0.39, 0.29) is 37.3 Å². The zero-order chi connectivity index (χ0) is 42.8. The SMILES string of the molecule is CCCN1CO[C@@]2(C1)[C@H](C)OC(O[C@H]1[C@H](C)[C@@H](OC3O[C@H](C)C[C@H](N(C)C)[C@H]3O)[C@@](C)(O)C[C@@H](C)CN[C@H](C)[C@@H](O)[C@](C)(O)[C@@H](CC)OC(=O)[C@@H]1C)C[C@@]2(C)OC. The number of esters is 1. The molecule has 4 aliphatic heterocycles. The highest BCUT2D eigenvalue weighted by molar-refractivity contribution is 5.73. The van der Waals surface area contributed by atoms with Crippen LogP contribution in [0.5, 0.6) is 0 Å². The van der Waals surface area contributed by atoms with Gasteiger partial charge < -0.3 is 63.8 Å². The molecule has 15 nitrogen and oxygen atoms in total. The first-order chi connectivity index (χ1) is 26.5. The van der Waals surface area contributed by atoms with Gasteiger partial charge in [-0.2, -0.15) is 0 Å². The van der Waals surface area contributed by atoms with Crippen LogP contribution < -0.4 is 5.32 Å². The van der Waals surface area contributed by atoms with E-state index in [0.29, 0.717) is 26.2 Å². The summed E-state index contributed by atoms with van der Waals surface area (Å²) in [5.74, 6) is -2.52. The van der Waals surface area contributed by atoms with Crippen molar-refractivity contribution in [2.45, 2.75) is 198 Å². The summed E-state index contributed by atoms with van der Waals surface area (Å²) in [5, 5.41) is 50.7. The zero-order valence-electron chi connectivity index (χ0n) is 37.4. The summed E-state index contributed by atoms with van der Waals surface area (Å²) < 4.78 is 45.6. The average Bonchev–Trinajstić information content (AvgIpc) is 3.58. The molecule has 15 heteroatoms. The van der Waals surface area contributed by atoms with Crippen molar-refractivity contribution in [2.24, 2.45) is 17.8 Å². The summed E-state index contributed by atoms with van der Waals surface area (Å²) in [7, 11) is 5.46. The topological polar surface area (TPSA) is 181 Å². The number of methoxy groups -OCH3 is 1. The van der Waals surface area contributed by atoms with Gasteiger partial charge in [0, 0.05) is 44.6 Å². The normalized spacial score (nSPS) is 48.8. The minimum Gasteiger partial charge on any atom is -0.459 e. The number of hydrogen-bond donors (Lipinski definition) is 5. The highest BCUT2D eigenvalue weighted by Crippen LogP contribution is 2.47. The van der Waals surface area contributed by atoms with Gasteiger partial charge in [-0.1, -0.05) is 27.7 Å². The first-order valence-electron chi connectivity index (χ1n) is 21.4. The summed E-state index contributed by atoms with van der Waals surface area (Å²) >= 11 is 0. The highest BCUT2D eigenvalue weighted by Gasteiger charge is 2.62.